The van der Waals surface area contributed by atoms with Crippen molar-refractivity contribution >= 4 is 11.8 Å². The molecule has 0 aromatic heterocycles. The van der Waals surface area contributed by atoms with Gasteiger partial charge in [0.1, 0.15) is 0 Å². The van der Waals surface area contributed by atoms with Crippen molar-refractivity contribution in [2.45, 2.75) is 33.7 Å². The second kappa shape index (κ2) is 7.21. The van der Waals surface area contributed by atoms with Crippen LogP contribution in [0.2, 0.25) is 0 Å². The first-order chi connectivity index (χ1) is 5.04. The van der Waals surface area contributed by atoms with Crippen LogP contribution in [0.4, 0.5) is 0 Å². The molecule has 0 saturated heterocycles. The van der Waals surface area contributed by atoms with Crippen molar-refractivity contribution in [1.29, 1.82) is 0 Å². The molecule has 0 aliphatic carbocycles. The lowest BCUT2D eigenvalue weighted by atomic mass is 10.3. The van der Waals surface area contributed by atoms with E-state index in [-0.39, 0.29) is 5.91 Å². The average Bonchev–Trinajstić information content (AvgIpc) is 1.90. The van der Waals surface area contributed by atoms with Gasteiger partial charge in [-0.25, -0.2) is 0 Å². The largest absolute Gasteiger partial charge is 0.320 e. The summed E-state index contributed by atoms with van der Waals surface area (Å²) < 4.78 is 0. The minimum Gasteiger partial charge on any atom is -0.320 e. The molecule has 0 aromatic carbocycles. The normalized spacial score (nSPS) is 10.6. The molecule has 0 rings (SSSR count). The molecule has 0 radical (unpaired) electrons. The van der Waals surface area contributed by atoms with Crippen molar-refractivity contribution in [3.8, 4) is 0 Å². The first-order valence-corrected chi connectivity index (χ1v) is 3.61. The van der Waals surface area contributed by atoms with Crippen LogP contribution in [0.5, 0.6) is 0 Å². The lowest BCUT2D eigenvalue weighted by Gasteiger charge is -2.01. The summed E-state index contributed by atoms with van der Waals surface area (Å²) in [5.74, 6) is -0.820. The maximum absolute atomic E-state index is 10.5. The van der Waals surface area contributed by atoms with Crippen molar-refractivity contribution in [1.82, 2.24) is 5.32 Å². The molecule has 0 aliphatic rings. The number of carbonyl (C=O) groups excluding carboxylic acids is 2. The Morgan fingerprint density at radius 3 is 1.82 bits per heavy atom. The summed E-state index contributed by atoms with van der Waals surface area (Å²) in [4.78, 5) is 20.7. The van der Waals surface area contributed by atoms with Crippen LogP contribution in [-0.2, 0) is 9.59 Å². The van der Waals surface area contributed by atoms with Crippen molar-refractivity contribution in [3.05, 3.63) is 0 Å². The minimum atomic E-state index is -0.617. The molecule has 11 heavy (non-hydrogen) atoms. The molecule has 66 valence electrons. The Morgan fingerprint density at radius 1 is 1.36 bits per heavy atom. The number of nitrogens with two attached hydrogens (primary N) is 1. The Balaban J connectivity index is 0. The number of carbonyl (C=O) groups is 2. The average molecular weight is 160 g/mol. The van der Waals surface area contributed by atoms with Gasteiger partial charge in [0.2, 0.25) is 11.8 Å². The quantitative estimate of drug-likeness (QED) is 0.568. The van der Waals surface area contributed by atoms with Crippen LogP contribution in [0.15, 0.2) is 0 Å². The molecule has 0 fully saturated rings. The zero-order valence-corrected chi connectivity index (χ0v) is 7.47. The number of rotatable bonds is 1. The number of hydrogen-bond donors (Lipinski definition) is 2. The van der Waals surface area contributed by atoms with E-state index in [1.165, 1.54) is 13.8 Å². The van der Waals surface area contributed by atoms with Gasteiger partial charge < -0.3 is 5.73 Å². The third-order valence-electron chi connectivity index (χ3n) is 0.713. The zero-order valence-electron chi connectivity index (χ0n) is 7.47. The van der Waals surface area contributed by atoms with E-state index in [1.807, 2.05) is 19.2 Å². The first-order valence-electron chi connectivity index (χ1n) is 3.61. The maximum atomic E-state index is 10.5. The molecule has 0 heterocycles. The Morgan fingerprint density at radius 2 is 1.73 bits per heavy atom. The molecule has 0 spiro atoms. The molecule has 1 unspecified atom stereocenters. The van der Waals surface area contributed by atoms with Gasteiger partial charge in [0.15, 0.2) is 0 Å². The summed E-state index contributed by atoms with van der Waals surface area (Å²) in [6.07, 6.45) is 0. The molecule has 4 nitrogen and oxygen atoms in total. The second-order valence-corrected chi connectivity index (χ2v) is 1.83. The summed E-state index contributed by atoms with van der Waals surface area (Å²) in [6, 6.07) is -0.617. The molecular formula is C7H16N2O2. The van der Waals surface area contributed by atoms with Gasteiger partial charge in [-0.1, -0.05) is 13.8 Å². The Hall–Kier alpha value is -0.900. The van der Waals surface area contributed by atoms with Crippen LogP contribution >= 0.6 is 0 Å². The van der Waals surface area contributed by atoms with E-state index in [4.69, 9.17) is 5.73 Å². The minimum absolute atomic E-state index is 0.377. The van der Waals surface area contributed by atoms with Crippen LogP contribution in [0.25, 0.3) is 0 Å². The summed E-state index contributed by atoms with van der Waals surface area (Å²) in [5.41, 5.74) is 5.12. The highest BCUT2D eigenvalue weighted by Gasteiger charge is 2.06. The second-order valence-electron chi connectivity index (χ2n) is 1.83. The predicted octanol–water partition coefficient (Wildman–Crippen LogP) is 0.0225. The van der Waals surface area contributed by atoms with Gasteiger partial charge in [0.25, 0.3) is 0 Å². The first kappa shape index (κ1) is 12.7. The van der Waals surface area contributed by atoms with E-state index < -0.39 is 11.9 Å². The van der Waals surface area contributed by atoms with E-state index in [0.29, 0.717) is 0 Å². The monoisotopic (exact) mass is 160 g/mol. The van der Waals surface area contributed by atoms with Crippen molar-refractivity contribution in [2.75, 3.05) is 0 Å². The third-order valence-corrected chi connectivity index (χ3v) is 0.713. The van der Waals surface area contributed by atoms with Crippen LogP contribution in [0, 0.1) is 0 Å². The lowest BCUT2D eigenvalue weighted by Crippen LogP contribution is -2.40. The van der Waals surface area contributed by atoms with Crippen LogP contribution in [0.1, 0.15) is 27.7 Å². The van der Waals surface area contributed by atoms with Crippen LogP contribution in [0.3, 0.4) is 0 Å². The molecule has 0 aromatic rings. The van der Waals surface area contributed by atoms with Gasteiger partial charge in [0, 0.05) is 6.92 Å². The highest BCUT2D eigenvalue weighted by Crippen LogP contribution is 1.73. The lowest BCUT2D eigenvalue weighted by molar-refractivity contribution is -0.129. The van der Waals surface area contributed by atoms with Crippen molar-refractivity contribution in [2.24, 2.45) is 5.73 Å². The fourth-order valence-electron chi connectivity index (χ4n) is 0.287. The van der Waals surface area contributed by atoms with E-state index in [9.17, 15) is 9.59 Å². The summed E-state index contributed by atoms with van der Waals surface area (Å²) in [6.45, 7) is 6.78. The number of imide groups is 1. The van der Waals surface area contributed by atoms with Gasteiger partial charge in [-0.05, 0) is 6.92 Å². The highest BCUT2D eigenvalue weighted by atomic mass is 16.2. The van der Waals surface area contributed by atoms with E-state index in [0.717, 1.165) is 0 Å². The molecule has 0 bridgehead atoms. The maximum Gasteiger partial charge on any atom is 0.243 e. The molecule has 0 aliphatic heterocycles. The van der Waals surface area contributed by atoms with Crippen LogP contribution < -0.4 is 11.1 Å². The fraction of sp³-hybridized carbons (Fsp3) is 0.714. The third kappa shape index (κ3) is 9.10. The number of amides is 2. The van der Waals surface area contributed by atoms with Crippen molar-refractivity contribution in [3.63, 3.8) is 0 Å². The van der Waals surface area contributed by atoms with Gasteiger partial charge in [0.05, 0.1) is 6.04 Å². The smallest absolute Gasteiger partial charge is 0.243 e. The molecular weight excluding hydrogens is 144 g/mol. The zero-order chi connectivity index (χ0) is 9.44. The summed E-state index contributed by atoms with van der Waals surface area (Å²) >= 11 is 0. The number of nitrogens with one attached hydrogen (secondary N) is 1. The van der Waals surface area contributed by atoms with Gasteiger partial charge in [-0.3, -0.25) is 14.9 Å². The van der Waals surface area contributed by atoms with Crippen molar-refractivity contribution < 1.29 is 9.59 Å². The SMILES string of the molecule is CC.CC(=O)NC(=O)C(C)N. The topological polar surface area (TPSA) is 72.2 Å². The molecule has 3 N–H and O–H groups in total. The molecule has 0 saturated carbocycles. The molecule has 2 amide bonds. The van der Waals surface area contributed by atoms with Crippen LogP contribution in [-0.4, -0.2) is 17.9 Å². The Labute approximate surface area is 67.1 Å². The number of hydrogen-bond acceptors (Lipinski definition) is 3. The molecule has 1 atom stereocenters. The highest BCUT2D eigenvalue weighted by molar-refractivity contribution is 5.96. The van der Waals surface area contributed by atoms with E-state index in [2.05, 4.69) is 0 Å². The van der Waals surface area contributed by atoms with E-state index >= 15 is 0 Å². The van der Waals surface area contributed by atoms with Gasteiger partial charge in [-0.2, -0.15) is 0 Å². The predicted molar refractivity (Wildman–Crippen MR) is 43.8 cm³/mol. The molecule has 4 heteroatoms. The van der Waals surface area contributed by atoms with Gasteiger partial charge >= 0.3 is 0 Å². The standard InChI is InChI=1S/C5H10N2O2.C2H6/c1-3(6)5(9)7-4(2)8;1-2/h3H,6H2,1-2H3,(H,7,8,9);1-2H3. The Kier molecular flexibility index (Phi) is 8.36. The van der Waals surface area contributed by atoms with E-state index in [1.54, 1.807) is 0 Å². The van der Waals surface area contributed by atoms with Gasteiger partial charge in [-0.15, -0.1) is 0 Å². The summed E-state index contributed by atoms with van der Waals surface area (Å²) in [7, 11) is 0. The Bertz CT molecular complexity index is 132. The fourth-order valence-corrected chi connectivity index (χ4v) is 0.287. The summed E-state index contributed by atoms with van der Waals surface area (Å²) in [5, 5.41) is 2.04.